The first-order valence-corrected chi connectivity index (χ1v) is 11.2. The van der Waals surface area contributed by atoms with Crippen molar-refractivity contribution in [3.8, 4) is 0 Å². The van der Waals surface area contributed by atoms with Crippen molar-refractivity contribution in [3.05, 3.63) is 64.7 Å². The van der Waals surface area contributed by atoms with Gasteiger partial charge in [-0.1, -0.05) is 56.3 Å². The summed E-state index contributed by atoms with van der Waals surface area (Å²) in [5.41, 5.74) is 5.37. The van der Waals surface area contributed by atoms with E-state index in [0.717, 1.165) is 36.2 Å². The van der Waals surface area contributed by atoms with Gasteiger partial charge in [-0.05, 0) is 61.8 Å². The standard InChI is InChI=1S/C26H35N3O2/c1-17(2)22-11-9-21(10-12-22)16-29(23-13-14-23)20(5)26(31)27-15-24(30)28-25-18(3)7-6-8-19(25)4/h6-12,17,20,23H,13-16H2,1-5H3,(H,27,31)(H,28,30)/t20-/m0/s1. The van der Waals surface area contributed by atoms with Crippen LogP contribution in [0.25, 0.3) is 0 Å². The Bertz CT molecular complexity index is 896. The van der Waals surface area contributed by atoms with Crippen LogP contribution in [0.15, 0.2) is 42.5 Å². The second-order valence-electron chi connectivity index (χ2n) is 9.01. The molecule has 2 amide bonds. The summed E-state index contributed by atoms with van der Waals surface area (Å²) in [5, 5.41) is 5.75. The largest absolute Gasteiger partial charge is 0.346 e. The molecule has 166 valence electrons. The van der Waals surface area contributed by atoms with Crippen LogP contribution in [0.3, 0.4) is 0 Å². The number of hydrogen-bond donors (Lipinski definition) is 2. The van der Waals surface area contributed by atoms with E-state index in [1.807, 2.05) is 39.0 Å². The first kappa shape index (κ1) is 23.0. The second kappa shape index (κ2) is 10.1. The number of rotatable bonds is 9. The Kier molecular flexibility index (Phi) is 7.50. The summed E-state index contributed by atoms with van der Waals surface area (Å²) in [4.78, 5) is 27.5. The predicted octanol–water partition coefficient (Wildman–Crippen LogP) is 4.53. The van der Waals surface area contributed by atoms with Gasteiger partial charge in [-0.3, -0.25) is 14.5 Å². The molecule has 2 aromatic rings. The van der Waals surface area contributed by atoms with Crippen LogP contribution < -0.4 is 10.6 Å². The Morgan fingerprint density at radius 1 is 1.00 bits per heavy atom. The second-order valence-corrected chi connectivity index (χ2v) is 9.01. The van der Waals surface area contributed by atoms with Crippen molar-refractivity contribution in [2.75, 3.05) is 11.9 Å². The fraction of sp³-hybridized carbons (Fsp3) is 0.462. The summed E-state index contributed by atoms with van der Waals surface area (Å²) >= 11 is 0. The van der Waals surface area contributed by atoms with Crippen molar-refractivity contribution in [3.63, 3.8) is 0 Å². The van der Waals surface area contributed by atoms with Crippen molar-refractivity contribution in [1.29, 1.82) is 0 Å². The first-order valence-electron chi connectivity index (χ1n) is 11.2. The van der Waals surface area contributed by atoms with Gasteiger partial charge in [0.2, 0.25) is 11.8 Å². The van der Waals surface area contributed by atoms with E-state index in [1.165, 1.54) is 11.1 Å². The monoisotopic (exact) mass is 421 g/mol. The number of carbonyl (C=O) groups excluding carboxylic acids is 2. The van der Waals surface area contributed by atoms with Gasteiger partial charge in [-0.2, -0.15) is 0 Å². The minimum absolute atomic E-state index is 0.0292. The molecule has 1 fully saturated rings. The molecule has 0 aromatic heterocycles. The van der Waals surface area contributed by atoms with Crippen LogP contribution in [0.4, 0.5) is 5.69 Å². The van der Waals surface area contributed by atoms with Crippen LogP contribution >= 0.6 is 0 Å². The lowest BCUT2D eigenvalue weighted by Gasteiger charge is -2.28. The van der Waals surface area contributed by atoms with Crippen LogP contribution in [0.5, 0.6) is 0 Å². The summed E-state index contributed by atoms with van der Waals surface area (Å²) in [5.74, 6) is 0.190. The molecule has 0 heterocycles. The zero-order valence-electron chi connectivity index (χ0n) is 19.4. The van der Waals surface area contributed by atoms with Crippen LogP contribution in [-0.4, -0.2) is 35.3 Å². The van der Waals surface area contributed by atoms with Gasteiger partial charge in [0.05, 0.1) is 12.6 Å². The number of nitrogens with zero attached hydrogens (tertiary/aromatic N) is 1. The van der Waals surface area contributed by atoms with Gasteiger partial charge in [-0.15, -0.1) is 0 Å². The molecule has 0 aliphatic heterocycles. The number of anilines is 1. The van der Waals surface area contributed by atoms with Crippen molar-refractivity contribution < 1.29 is 9.59 Å². The van der Waals surface area contributed by atoms with Crippen LogP contribution in [-0.2, 0) is 16.1 Å². The molecule has 0 radical (unpaired) electrons. The summed E-state index contributed by atoms with van der Waals surface area (Å²) in [6.07, 6.45) is 2.24. The molecule has 1 aliphatic carbocycles. The topological polar surface area (TPSA) is 61.4 Å². The zero-order chi connectivity index (χ0) is 22.5. The number of benzene rings is 2. The van der Waals surface area contributed by atoms with E-state index in [9.17, 15) is 9.59 Å². The molecule has 2 N–H and O–H groups in total. The number of amides is 2. The third-order valence-electron chi connectivity index (χ3n) is 6.07. The van der Waals surface area contributed by atoms with E-state index in [0.29, 0.717) is 12.0 Å². The normalized spacial score (nSPS) is 14.5. The Morgan fingerprint density at radius 3 is 2.16 bits per heavy atom. The van der Waals surface area contributed by atoms with Crippen LogP contribution in [0, 0.1) is 13.8 Å². The molecule has 1 saturated carbocycles. The highest BCUT2D eigenvalue weighted by Gasteiger charge is 2.35. The maximum absolute atomic E-state index is 12.8. The average molecular weight is 422 g/mol. The fourth-order valence-corrected chi connectivity index (χ4v) is 3.87. The molecule has 1 aliphatic rings. The molecule has 0 spiro atoms. The molecule has 1 atom stereocenters. The van der Waals surface area contributed by atoms with Gasteiger partial charge in [0, 0.05) is 18.3 Å². The average Bonchev–Trinajstić information content (AvgIpc) is 3.58. The Balaban J connectivity index is 1.56. The van der Waals surface area contributed by atoms with E-state index >= 15 is 0 Å². The molecule has 5 heteroatoms. The SMILES string of the molecule is Cc1cccc(C)c1NC(=O)CNC(=O)[C@H](C)N(Cc1ccc(C(C)C)cc1)C1CC1. The number of nitrogens with one attached hydrogen (secondary N) is 2. The third-order valence-corrected chi connectivity index (χ3v) is 6.07. The highest BCUT2D eigenvalue weighted by molar-refractivity contribution is 5.96. The van der Waals surface area contributed by atoms with E-state index in [2.05, 4.69) is 53.6 Å². The molecular formula is C26H35N3O2. The van der Waals surface area contributed by atoms with Gasteiger partial charge < -0.3 is 10.6 Å². The van der Waals surface area contributed by atoms with Gasteiger partial charge >= 0.3 is 0 Å². The Hall–Kier alpha value is -2.66. The number of para-hydroxylation sites is 1. The van der Waals surface area contributed by atoms with Crippen LogP contribution in [0.2, 0.25) is 0 Å². The van der Waals surface area contributed by atoms with Gasteiger partial charge in [0.25, 0.3) is 0 Å². The lowest BCUT2D eigenvalue weighted by molar-refractivity contribution is -0.128. The lowest BCUT2D eigenvalue weighted by atomic mass is 10.0. The minimum atomic E-state index is -0.287. The van der Waals surface area contributed by atoms with Crippen LogP contribution in [0.1, 0.15) is 61.8 Å². The quantitative estimate of drug-likeness (QED) is 0.625. The maximum Gasteiger partial charge on any atom is 0.243 e. The molecule has 0 saturated heterocycles. The molecular weight excluding hydrogens is 386 g/mol. The van der Waals surface area contributed by atoms with E-state index in [-0.39, 0.29) is 24.4 Å². The molecule has 2 aromatic carbocycles. The highest BCUT2D eigenvalue weighted by atomic mass is 16.2. The van der Waals surface area contributed by atoms with Gasteiger partial charge in [0.15, 0.2) is 0 Å². The van der Waals surface area contributed by atoms with Crippen molar-refractivity contribution in [2.45, 2.75) is 72.0 Å². The molecule has 0 unspecified atom stereocenters. The van der Waals surface area contributed by atoms with E-state index < -0.39 is 0 Å². The van der Waals surface area contributed by atoms with Gasteiger partial charge in [-0.25, -0.2) is 0 Å². The third kappa shape index (κ3) is 6.17. The number of aryl methyl sites for hydroxylation is 2. The van der Waals surface area contributed by atoms with E-state index in [1.54, 1.807) is 0 Å². The highest BCUT2D eigenvalue weighted by Crippen LogP contribution is 2.30. The van der Waals surface area contributed by atoms with Gasteiger partial charge in [0.1, 0.15) is 0 Å². The Morgan fingerprint density at radius 2 is 1.61 bits per heavy atom. The Labute approximate surface area is 186 Å². The smallest absolute Gasteiger partial charge is 0.243 e. The van der Waals surface area contributed by atoms with Crippen molar-refractivity contribution >= 4 is 17.5 Å². The zero-order valence-corrected chi connectivity index (χ0v) is 19.4. The summed E-state index contributed by atoms with van der Waals surface area (Å²) < 4.78 is 0. The molecule has 0 bridgehead atoms. The maximum atomic E-state index is 12.8. The molecule has 31 heavy (non-hydrogen) atoms. The van der Waals surface area contributed by atoms with E-state index in [4.69, 9.17) is 0 Å². The first-order chi connectivity index (χ1) is 14.8. The number of carbonyl (C=O) groups is 2. The van der Waals surface area contributed by atoms with Crippen molar-refractivity contribution in [1.82, 2.24) is 10.2 Å². The summed E-state index contributed by atoms with van der Waals surface area (Å²) in [7, 11) is 0. The summed E-state index contributed by atoms with van der Waals surface area (Å²) in [6.45, 7) is 10.9. The lowest BCUT2D eigenvalue weighted by Crippen LogP contribution is -2.47. The molecule has 3 rings (SSSR count). The number of hydrogen-bond acceptors (Lipinski definition) is 3. The molecule has 5 nitrogen and oxygen atoms in total. The minimum Gasteiger partial charge on any atom is -0.346 e. The fourth-order valence-electron chi connectivity index (χ4n) is 3.87. The van der Waals surface area contributed by atoms with Crippen molar-refractivity contribution in [2.24, 2.45) is 0 Å². The predicted molar refractivity (Wildman–Crippen MR) is 126 cm³/mol. The summed E-state index contributed by atoms with van der Waals surface area (Å²) in [6, 6.07) is 14.7.